The van der Waals surface area contributed by atoms with E-state index >= 15 is 0 Å². The van der Waals surface area contributed by atoms with Crippen molar-refractivity contribution in [2.24, 2.45) is 0 Å². The molecule has 3 aromatic rings. The van der Waals surface area contributed by atoms with E-state index in [1.807, 2.05) is 31.2 Å². The fourth-order valence-electron chi connectivity index (χ4n) is 3.29. The number of aromatic amines is 1. The molecule has 0 bridgehead atoms. The Morgan fingerprint density at radius 1 is 1.31 bits per heavy atom. The van der Waals surface area contributed by atoms with Gasteiger partial charge in [-0.2, -0.15) is 5.10 Å². The Hall–Kier alpha value is -3.22. The maximum Gasteiger partial charge on any atom is 0.253 e. The maximum atomic E-state index is 12.6. The lowest BCUT2D eigenvalue weighted by Gasteiger charge is -2.29. The van der Waals surface area contributed by atoms with Crippen LogP contribution in [0.15, 0.2) is 36.5 Å². The zero-order chi connectivity index (χ0) is 18.1. The van der Waals surface area contributed by atoms with E-state index in [0.29, 0.717) is 17.8 Å². The van der Waals surface area contributed by atoms with Crippen LogP contribution in [-0.4, -0.2) is 40.1 Å². The molecule has 0 fully saturated rings. The summed E-state index contributed by atoms with van der Waals surface area (Å²) in [5.74, 6) is -0.433. The highest BCUT2D eigenvalue weighted by molar-refractivity contribution is 6.02. The number of anilines is 1. The van der Waals surface area contributed by atoms with Crippen molar-refractivity contribution in [1.29, 1.82) is 0 Å². The van der Waals surface area contributed by atoms with E-state index in [1.54, 1.807) is 11.0 Å². The molecule has 7 heteroatoms. The Bertz CT molecular complexity index is 995. The van der Waals surface area contributed by atoms with Crippen molar-refractivity contribution >= 4 is 28.5 Å². The van der Waals surface area contributed by atoms with Crippen LogP contribution < -0.4 is 10.2 Å². The first-order valence-corrected chi connectivity index (χ1v) is 8.60. The van der Waals surface area contributed by atoms with Crippen LogP contribution in [0.5, 0.6) is 0 Å². The van der Waals surface area contributed by atoms with Crippen molar-refractivity contribution in [1.82, 2.24) is 20.5 Å². The molecular weight excluding hydrogens is 330 g/mol. The Morgan fingerprint density at radius 2 is 2.15 bits per heavy atom. The van der Waals surface area contributed by atoms with Crippen molar-refractivity contribution in [3.63, 3.8) is 0 Å². The molecule has 2 N–H and O–H groups in total. The lowest BCUT2D eigenvalue weighted by Crippen LogP contribution is -2.42. The fourth-order valence-corrected chi connectivity index (χ4v) is 3.29. The van der Waals surface area contributed by atoms with Gasteiger partial charge in [-0.3, -0.25) is 14.7 Å². The van der Waals surface area contributed by atoms with E-state index in [0.717, 1.165) is 29.6 Å². The molecule has 0 spiro atoms. The molecule has 2 amide bonds. The third kappa shape index (κ3) is 2.92. The van der Waals surface area contributed by atoms with Crippen LogP contribution in [0.3, 0.4) is 0 Å². The summed E-state index contributed by atoms with van der Waals surface area (Å²) < 4.78 is 0. The molecule has 0 saturated carbocycles. The van der Waals surface area contributed by atoms with Crippen molar-refractivity contribution in [2.45, 2.75) is 19.8 Å². The van der Waals surface area contributed by atoms with Crippen LogP contribution in [0.1, 0.15) is 28.0 Å². The Morgan fingerprint density at radius 3 is 3.04 bits per heavy atom. The van der Waals surface area contributed by atoms with Gasteiger partial charge in [0.25, 0.3) is 5.91 Å². The number of rotatable bonds is 3. The minimum atomic E-state index is -0.321. The lowest BCUT2D eigenvalue weighted by atomic mass is 10.0. The second-order valence-electron chi connectivity index (χ2n) is 6.40. The number of H-pyrrole nitrogens is 1. The standard InChI is InChI=1S/C19H19N5O2/c1-12-15-9-14(10-20-18(15)23-22-12)19(26)21-11-17(25)24-8-4-6-13-5-2-3-7-16(13)24/h2-3,5,7,9-10H,4,6,8,11H2,1H3,(H,21,26)(H,20,22,23). The summed E-state index contributed by atoms with van der Waals surface area (Å²) in [5.41, 5.74) is 3.94. The van der Waals surface area contributed by atoms with Crippen LogP contribution in [-0.2, 0) is 11.2 Å². The topological polar surface area (TPSA) is 91.0 Å². The second-order valence-corrected chi connectivity index (χ2v) is 6.40. The van der Waals surface area contributed by atoms with Gasteiger partial charge in [-0.05, 0) is 37.5 Å². The molecule has 4 rings (SSSR count). The van der Waals surface area contributed by atoms with E-state index in [2.05, 4.69) is 20.5 Å². The minimum Gasteiger partial charge on any atom is -0.343 e. The van der Waals surface area contributed by atoms with Crippen LogP contribution in [0.2, 0.25) is 0 Å². The highest BCUT2D eigenvalue weighted by Crippen LogP contribution is 2.26. The summed E-state index contributed by atoms with van der Waals surface area (Å²) in [7, 11) is 0. The molecule has 0 saturated heterocycles. The average molecular weight is 349 g/mol. The number of carbonyl (C=O) groups is 2. The number of hydrogen-bond acceptors (Lipinski definition) is 4. The van der Waals surface area contributed by atoms with E-state index < -0.39 is 0 Å². The number of fused-ring (bicyclic) bond motifs is 2. The number of hydrogen-bond donors (Lipinski definition) is 2. The van der Waals surface area contributed by atoms with Gasteiger partial charge in [0.1, 0.15) is 0 Å². The quantitative estimate of drug-likeness (QED) is 0.756. The normalized spacial score (nSPS) is 13.5. The second kappa shape index (κ2) is 6.59. The van der Waals surface area contributed by atoms with Gasteiger partial charge < -0.3 is 10.2 Å². The predicted octanol–water partition coefficient (Wildman–Crippen LogP) is 1.98. The van der Waals surface area contributed by atoms with Crippen LogP contribution in [0.4, 0.5) is 5.69 Å². The number of para-hydroxylation sites is 1. The van der Waals surface area contributed by atoms with E-state index in [9.17, 15) is 9.59 Å². The predicted molar refractivity (Wildman–Crippen MR) is 98.1 cm³/mol. The molecule has 1 aliphatic rings. The zero-order valence-electron chi connectivity index (χ0n) is 14.5. The molecule has 1 aliphatic heterocycles. The highest BCUT2D eigenvalue weighted by atomic mass is 16.2. The third-order valence-corrected chi connectivity index (χ3v) is 4.67. The van der Waals surface area contributed by atoms with E-state index in [1.165, 1.54) is 11.8 Å². The Kier molecular flexibility index (Phi) is 4.12. The molecule has 0 atom stereocenters. The summed E-state index contributed by atoms with van der Waals surface area (Å²) >= 11 is 0. The molecule has 0 radical (unpaired) electrons. The van der Waals surface area contributed by atoms with Gasteiger partial charge in [0.2, 0.25) is 5.91 Å². The first-order chi connectivity index (χ1) is 12.6. The average Bonchev–Trinajstić information content (AvgIpc) is 3.05. The first-order valence-electron chi connectivity index (χ1n) is 8.60. The van der Waals surface area contributed by atoms with Crippen molar-refractivity contribution in [3.8, 4) is 0 Å². The van der Waals surface area contributed by atoms with Gasteiger partial charge in [0.15, 0.2) is 5.65 Å². The number of aryl methyl sites for hydroxylation is 2. The number of pyridine rings is 1. The summed E-state index contributed by atoms with van der Waals surface area (Å²) in [4.78, 5) is 30.9. The molecule has 1 aromatic carbocycles. The summed E-state index contributed by atoms with van der Waals surface area (Å²) in [5, 5.41) is 10.4. The number of benzene rings is 1. The van der Waals surface area contributed by atoms with Gasteiger partial charge >= 0.3 is 0 Å². The number of amides is 2. The van der Waals surface area contributed by atoms with Crippen LogP contribution in [0.25, 0.3) is 11.0 Å². The SMILES string of the molecule is Cc1[nH]nc2ncc(C(=O)NCC(=O)N3CCCc4ccccc43)cc12. The van der Waals surface area contributed by atoms with Crippen LogP contribution in [0, 0.1) is 6.92 Å². The van der Waals surface area contributed by atoms with E-state index in [-0.39, 0.29) is 18.4 Å². The van der Waals surface area contributed by atoms with Gasteiger partial charge in [-0.1, -0.05) is 18.2 Å². The monoisotopic (exact) mass is 349 g/mol. The largest absolute Gasteiger partial charge is 0.343 e. The minimum absolute atomic E-state index is 0.0461. The molecule has 26 heavy (non-hydrogen) atoms. The summed E-state index contributed by atoms with van der Waals surface area (Å²) in [6.45, 7) is 2.50. The molecule has 3 heterocycles. The molecule has 7 nitrogen and oxygen atoms in total. The first kappa shape index (κ1) is 16.3. The van der Waals surface area contributed by atoms with Crippen molar-refractivity contribution < 1.29 is 9.59 Å². The Balaban J connectivity index is 1.46. The summed E-state index contributed by atoms with van der Waals surface area (Å²) in [6.07, 6.45) is 3.37. The third-order valence-electron chi connectivity index (χ3n) is 4.67. The lowest BCUT2D eigenvalue weighted by molar-refractivity contribution is -0.117. The number of nitrogens with zero attached hydrogens (tertiary/aromatic N) is 3. The Labute approximate surface area is 150 Å². The smallest absolute Gasteiger partial charge is 0.253 e. The molecule has 132 valence electrons. The van der Waals surface area contributed by atoms with Crippen LogP contribution >= 0.6 is 0 Å². The number of aromatic nitrogens is 3. The highest BCUT2D eigenvalue weighted by Gasteiger charge is 2.22. The fraction of sp³-hybridized carbons (Fsp3) is 0.263. The number of carbonyl (C=O) groups excluding carboxylic acids is 2. The van der Waals surface area contributed by atoms with Gasteiger partial charge in [-0.15, -0.1) is 0 Å². The molecule has 2 aromatic heterocycles. The van der Waals surface area contributed by atoms with Gasteiger partial charge in [0, 0.05) is 29.5 Å². The summed E-state index contributed by atoms with van der Waals surface area (Å²) in [6, 6.07) is 9.64. The molecular formula is C19H19N5O2. The number of nitrogens with one attached hydrogen (secondary N) is 2. The van der Waals surface area contributed by atoms with Gasteiger partial charge in [0.05, 0.1) is 12.1 Å². The maximum absolute atomic E-state index is 12.6. The van der Waals surface area contributed by atoms with E-state index in [4.69, 9.17) is 0 Å². The zero-order valence-corrected chi connectivity index (χ0v) is 14.5. The van der Waals surface area contributed by atoms with Crippen molar-refractivity contribution in [3.05, 3.63) is 53.3 Å². The molecule has 0 aliphatic carbocycles. The molecule has 0 unspecified atom stereocenters. The van der Waals surface area contributed by atoms with Gasteiger partial charge in [-0.25, -0.2) is 4.98 Å². The van der Waals surface area contributed by atoms with Crippen molar-refractivity contribution in [2.75, 3.05) is 18.0 Å².